The summed E-state index contributed by atoms with van der Waals surface area (Å²) in [7, 11) is 0. The summed E-state index contributed by atoms with van der Waals surface area (Å²) in [6.45, 7) is 9.14. The van der Waals surface area contributed by atoms with E-state index in [1.807, 2.05) is 73.7 Å². The number of hydrogen-bond acceptors (Lipinski definition) is 4. The van der Waals surface area contributed by atoms with Crippen LogP contribution in [0.2, 0.25) is 0 Å². The van der Waals surface area contributed by atoms with Gasteiger partial charge in [-0.05, 0) is 45.9 Å². The molecule has 0 saturated carbocycles. The van der Waals surface area contributed by atoms with Crippen molar-refractivity contribution in [2.24, 2.45) is 0 Å². The molecule has 3 heterocycles. The van der Waals surface area contributed by atoms with Crippen molar-refractivity contribution in [2.75, 3.05) is 6.54 Å². The molecule has 1 aliphatic rings. The zero-order valence-corrected chi connectivity index (χ0v) is 16.2. The number of nitrogens with zero attached hydrogens (tertiary/aromatic N) is 4. The summed E-state index contributed by atoms with van der Waals surface area (Å²) >= 11 is 0. The van der Waals surface area contributed by atoms with E-state index in [1.165, 1.54) is 0 Å². The monoisotopic (exact) mass is 364 g/mol. The lowest BCUT2D eigenvalue weighted by Crippen LogP contribution is -2.38. The van der Waals surface area contributed by atoms with Gasteiger partial charge >= 0.3 is 0 Å². The molecule has 6 nitrogen and oxygen atoms in total. The Kier molecular flexibility index (Phi) is 4.13. The quantitative estimate of drug-likeness (QED) is 0.694. The summed E-state index contributed by atoms with van der Waals surface area (Å²) in [5, 5.41) is 4.52. The Hall–Kier alpha value is -2.89. The molecule has 0 fully saturated rings. The average molecular weight is 364 g/mol. The number of fused-ring (bicyclic) bond motifs is 1. The molecule has 0 radical (unpaired) electrons. The molecule has 3 aromatic rings. The van der Waals surface area contributed by atoms with Crippen LogP contribution in [-0.4, -0.2) is 32.1 Å². The van der Waals surface area contributed by atoms with Gasteiger partial charge in [-0.25, -0.2) is 4.98 Å². The second-order valence-corrected chi connectivity index (χ2v) is 7.99. The fourth-order valence-electron chi connectivity index (χ4n) is 3.40. The molecule has 2 aromatic heterocycles. The van der Waals surface area contributed by atoms with Crippen LogP contribution in [0.1, 0.15) is 48.4 Å². The number of carbonyl (C=O) groups is 1. The first-order chi connectivity index (χ1) is 12.8. The maximum atomic E-state index is 13.2. The number of aryl methyl sites for hydroxylation is 1. The van der Waals surface area contributed by atoms with Crippen molar-refractivity contribution in [1.29, 1.82) is 0 Å². The Balaban J connectivity index is 1.60. The van der Waals surface area contributed by atoms with Gasteiger partial charge in [0.1, 0.15) is 17.1 Å². The standard InChI is InChI=1S/C21H24N4O2/c1-14-12-17(25(23-14)21(2,3)4)20(26)24-11-10-18-16(13-24)22-19(27-18)15-8-6-5-7-9-15/h5-9,12H,10-11,13H2,1-4H3. The molecule has 4 rings (SSSR count). The molecule has 1 aromatic carbocycles. The minimum absolute atomic E-state index is 0.0135. The molecule has 0 bridgehead atoms. The molecule has 0 spiro atoms. The number of benzene rings is 1. The maximum absolute atomic E-state index is 13.2. The van der Waals surface area contributed by atoms with Crippen LogP contribution in [0.4, 0.5) is 0 Å². The molecule has 1 amide bonds. The number of oxazole rings is 1. The Morgan fingerprint density at radius 1 is 1.19 bits per heavy atom. The van der Waals surface area contributed by atoms with E-state index in [1.54, 1.807) is 0 Å². The van der Waals surface area contributed by atoms with Crippen molar-refractivity contribution >= 4 is 5.91 Å². The number of hydrogen-bond donors (Lipinski definition) is 0. The van der Waals surface area contributed by atoms with Crippen molar-refractivity contribution < 1.29 is 9.21 Å². The minimum atomic E-state index is -0.255. The third-order valence-electron chi connectivity index (χ3n) is 4.72. The van der Waals surface area contributed by atoms with E-state index in [-0.39, 0.29) is 11.4 Å². The normalized spacial score (nSPS) is 14.3. The van der Waals surface area contributed by atoms with E-state index in [9.17, 15) is 4.79 Å². The molecule has 0 saturated heterocycles. The maximum Gasteiger partial charge on any atom is 0.272 e. The minimum Gasteiger partial charge on any atom is -0.441 e. The average Bonchev–Trinajstić information content (AvgIpc) is 3.24. The summed E-state index contributed by atoms with van der Waals surface area (Å²) in [5.74, 6) is 1.48. The van der Waals surface area contributed by atoms with E-state index in [0.717, 1.165) is 22.7 Å². The third kappa shape index (κ3) is 3.27. The molecule has 140 valence electrons. The number of amides is 1. The Morgan fingerprint density at radius 2 is 1.93 bits per heavy atom. The highest BCUT2D eigenvalue weighted by Crippen LogP contribution is 2.27. The molecular formula is C21H24N4O2. The van der Waals surface area contributed by atoms with Crippen LogP contribution in [0.15, 0.2) is 40.8 Å². The lowest BCUT2D eigenvalue weighted by molar-refractivity contribution is 0.0707. The number of rotatable bonds is 2. The van der Waals surface area contributed by atoms with Gasteiger partial charge in [0.05, 0.1) is 17.8 Å². The summed E-state index contributed by atoms with van der Waals surface area (Å²) in [4.78, 5) is 19.6. The van der Waals surface area contributed by atoms with Crippen LogP contribution < -0.4 is 0 Å². The molecule has 6 heteroatoms. The van der Waals surface area contributed by atoms with Gasteiger partial charge in [0.25, 0.3) is 5.91 Å². The number of carbonyl (C=O) groups excluding carboxylic acids is 1. The Labute approximate surface area is 158 Å². The second kappa shape index (κ2) is 6.37. The van der Waals surface area contributed by atoms with Gasteiger partial charge in [0.2, 0.25) is 5.89 Å². The second-order valence-electron chi connectivity index (χ2n) is 7.99. The van der Waals surface area contributed by atoms with E-state index in [2.05, 4.69) is 10.1 Å². The summed E-state index contributed by atoms with van der Waals surface area (Å²) in [6.07, 6.45) is 0.670. The summed E-state index contributed by atoms with van der Waals surface area (Å²) in [5.41, 5.74) is 3.00. The van der Waals surface area contributed by atoms with Crippen molar-refractivity contribution in [2.45, 2.75) is 46.2 Å². The third-order valence-corrected chi connectivity index (χ3v) is 4.72. The molecule has 0 N–H and O–H groups in total. The summed E-state index contributed by atoms with van der Waals surface area (Å²) < 4.78 is 7.76. The van der Waals surface area contributed by atoms with Crippen LogP contribution in [0.3, 0.4) is 0 Å². The Bertz CT molecular complexity index is 980. The fourth-order valence-corrected chi connectivity index (χ4v) is 3.40. The van der Waals surface area contributed by atoms with Gasteiger partial charge in [-0.1, -0.05) is 18.2 Å². The SMILES string of the molecule is Cc1cc(C(=O)N2CCc3oc(-c4ccccc4)nc3C2)n(C(C)(C)C)n1. The van der Waals surface area contributed by atoms with Gasteiger partial charge in [-0.15, -0.1) is 0 Å². The molecule has 1 aliphatic heterocycles. The van der Waals surface area contributed by atoms with Crippen molar-refractivity contribution in [3.63, 3.8) is 0 Å². The highest BCUT2D eigenvalue weighted by atomic mass is 16.4. The van der Waals surface area contributed by atoms with Gasteiger partial charge < -0.3 is 9.32 Å². The van der Waals surface area contributed by atoms with Gasteiger partial charge in [0.15, 0.2) is 0 Å². The lowest BCUT2D eigenvalue weighted by Gasteiger charge is -2.28. The highest BCUT2D eigenvalue weighted by Gasteiger charge is 2.30. The predicted octanol–water partition coefficient (Wildman–Crippen LogP) is 3.80. The molecule has 27 heavy (non-hydrogen) atoms. The van der Waals surface area contributed by atoms with Gasteiger partial charge in [-0.3, -0.25) is 9.48 Å². The Morgan fingerprint density at radius 3 is 2.63 bits per heavy atom. The predicted molar refractivity (Wildman–Crippen MR) is 102 cm³/mol. The molecular weight excluding hydrogens is 340 g/mol. The largest absolute Gasteiger partial charge is 0.441 e. The summed E-state index contributed by atoms with van der Waals surface area (Å²) in [6, 6.07) is 11.7. The van der Waals surface area contributed by atoms with Crippen LogP contribution in [-0.2, 0) is 18.5 Å². The first kappa shape index (κ1) is 17.5. The smallest absolute Gasteiger partial charge is 0.272 e. The number of aromatic nitrogens is 3. The van der Waals surface area contributed by atoms with Gasteiger partial charge in [0, 0.05) is 18.5 Å². The van der Waals surface area contributed by atoms with Crippen LogP contribution in [0.25, 0.3) is 11.5 Å². The van der Waals surface area contributed by atoms with E-state index >= 15 is 0 Å². The lowest BCUT2D eigenvalue weighted by atomic mass is 10.1. The highest BCUT2D eigenvalue weighted by molar-refractivity contribution is 5.93. The van der Waals surface area contributed by atoms with E-state index in [4.69, 9.17) is 4.42 Å². The zero-order valence-electron chi connectivity index (χ0n) is 16.2. The van der Waals surface area contributed by atoms with Crippen molar-refractivity contribution in [3.8, 4) is 11.5 Å². The molecule has 0 aliphatic carbocycles. The van der Waals surface area contributed by atoms with Crippen LogP contribution in [0, 0.1) is 6.92 Å². The topological polar surface area (TPSA) is 64.2 Å². The van der Waals surface area contributed by atoms with Crippen LogP contribution >= 0.6 is 0 Å². The molecule has 0 atom stereocenters. The van der Waals surface area contributed by atoms with Crippen molar-refractivity contribution in [1.82, 2.24) is 19.7 Å². The van der Waals surface area contributed by atoms with Gasteiger partial charge in [-0.2, -0.15) is 5.10 Å². The molecule has 0 unspecified atom stereocenters. The van der Waals surface area contributed by atoms with Crippen LogP contribution in [0.5, 0.6) is 0 Å². The first-order valence-electron chi connectivity index (χ1n) is 9.23. The fraction of sp³-hybridized carbons (Fsp3) is 0.381. The van der Waals surface area contributed by atoms with E-state index < -0.39 is 0 Å². The first-order valence-corrected chi connectivity index (χ1v) is 9.23. The van der Waals surface area contributed by atoms with Crippen molar-refractivity contribution in [3.05, 3.63) is 59.2 Å². The zero-order chi connectivity index (χ0) is 19.2. The van der Waals surface area contributed by atoms with E-state index in [0.29, 0.717) is 31.1 Å².